The van der Waals surface area contributed by atoms with Crippen LogP contribution in [0.1, 0.15) is 18.5 Å². The van der Waals surface area contributed by atoms with E-state index in [2.05, 4.69) is 20.5 Å². The number of benzene rings is 1. The Bertz CT molecular complexity index is 564. The fourth-order valence-electron chi connectivity index (χ4n) is 1.45. The van der Waals surface area contributed by atoms with Crippen LogP contribution >= 0.6 is 23.2 Å². The largest absolute Gasteiger partial charge is 0.361 e. The Labute approximate surface area is 113 Å². The molecule has 0 bridgehead atoms. The van der Waals surface area contributed by atoms with Crippen molar-refractivity contribution in [3.8, 4) is 0 Å². The van der Waals surface area contributed by atoms with Crippen LogP contribution in [0.2, 0.25) is 10.4 Å². The Hall–Kier alpha value is -1.46. The molecule has 0 aliphatic heterocycles. The zero-order valence-electron chi connectivity index (χ0n) is 9.36. The predicted molar refractivity (Wildman–Crippen MR) is 68.3 cm³/mol. The van der Waals surface area contributed by atoms with E-state index in [4.69, 9.17) is 23.2 Å². The second-order valence-electron chi connectivity index (χ2n) is 3.64. The molecule has 0 radical (unpaired) electrons. The summed E-state index contributed by atoms with van der Waals surface area (Å²) >= 11 is 11.5. The molecule has 0 amide bonds. The van der Waals surface area contributed by atoms with Crippen LogP contribution in [0.4, 0.5) is 10.2 Å². The maximum atomic E-state index is 13.1. The van der Waals surface area contributed by atoms with Crippen molar-refractivity contribution in [2.75, 3.05) is 5.32 Å². The van der Waals surface area contributed by atoms with Crippen LogP contribution in [0.3, 0.4) is 0 Å². The molecule has 18 heavy (non-hydrogen) atoms. The highest BCUT2D eigenvalue weighted by Gasteiger charge is 2.11. The number of hydrogen-bond donors (Lipinski definition) is 1. The van der Waals surface area contributed by atoms with Crippen LogP contribution in [0.25, 0.3) is 0 Å². The highest BCUT2D eigenvalue weighted by molar-refractivity contribution is 6.32. The van der Waals surface area contributed by atoms with Crippen molar-refractivity contribution in [2.24, 2.45) is 0 Å². The topological polar surface area (TPSA) is 50.7 Å². The van der Waals surface area contributed by atoms with Crippen molar-refractivity contribution < 1.29 is 4.39 Å². The van der Waals surface area contributed by atoms with Gasteiger partial charge in [-0.25, -0.2) is 4.39 Å². The molecule has 7 heteroatoms. The molecule has 1 aromatic heterocycles. The first-order valence-corrected chi connectivity index (χ1v) is 5.89. The summed E-state index contributed by atoms with van der Waals surface area (Å²) in [4.78, 5) is 3.92. The summed E-state index contributed by atoms with van der Waals surface area (Å²) in [5, 5.41) is 10.2. The first kappa shape index (κ1) is 13.0. The normalized spacial score (nSPS) is 12.2. The van der Waals surface area contributed by atoms with Crippen LogP contribution < -0.4 is 5.32 Å². The highest BCUT2D eigenvalue weighted by Crippen LogP contribution is 2.23. The summed E-state index contributed by atoms with van der Waals surface area (Å²) in [7, 11) is 0. The van der Waals surface area contributed by atoms with Gasteiger partial charge in [0, 0.05) is 0 Å². The molecule has 0 spiro atoms. The average Bonchev–Trinajstić information content (AvgIpc) is 2.34. The van der Waals surface area contributed by atoms with Crippen molar-refractivity contribution in [2.45, 2.75) is 13.0 Å². The Balaban J connectivity index is 2.21. The third kappa shape index (κ3) is 3.05. The summed E-state index contributed by atoms with van der Waals surface area (Å²) in [5.41, 5.74) is 0.765. The minimum atomic E-state index is -0.300. The number of hydrogen-bond acceptors (Lipinski definition) is 4. The molecule has 0 aliphatic carbocycles. The number of nitrogens with zero attached hydrogens (tertiary/aromatic N) is 3. The van der Waals surface area contributed by atoms with E-state index in [0.29, 0.717) is 5.82 Å². The predicted octanol–water partition coefficient (Wildman–Crippen LogP) is 3.49. The molecule has 1 atom stereocenters. The lowest BCUT2D eigenvalue weighted by Crippen LogP contribution is -2.09. The van der Waals surface area contributed by atoms with Gasteiger partial charge < -0.3 is 5.32 Å². The van der Waals surface area contributed by atoms with E-state index >= 15 is 0 Å². The van der Waals surface area contributed by atoms with E-state index < -0.39 is 0 Å². The van der Waals surface area contributed by atoms with E-state index in [1.165, 1.54) is 12.1 Å². The third-order valence-corrected chi connectivity index (χ3v) is 2.74. The molecule has 1 aromatic carbocycles. The van der Waals surface area contributed by atoms with E-state index in [1.54, 1.807) is 12.1 Å². The Morgan fingerprint density at radius 2 is 2.06 bits per heavy atom. The summed E-state index contributed by atoms with van der Waals surface area (Å²) < 4.78 is 13.1. The minimum absolute atomic E-state index is 0.00616. The zero-order chi connectivity index (χ0) is 13.1. The number of anilines is 1. The van der Waals surface area contributed by atoms with Crippen molar-refractivity contribution >= 4 is 29.0 Å². The highest BCUT2D eigenvalue weighted by atomic mass is 35.5. The molecule has 94 valence electrons. The van der Waals surface area contributed by atoms with Gasteiger partial charge in [0.2, 0.25) is 5.28 Å². The van der Waals surface area contributed by atoms with Gasteiger partial charge in [0.25, 0.3) is 0 Å². The van der Waals surface area contributed by atoms with Gasteiger partial charge in [-0.3, -0.25) is 0 Å². The van der Waals surface area contributed by atoms with Gasteiger partial charge >= 0.3 is 0 Å². The van der Waals surface area contributed by atoms with Crippen molar-refractivity contribution in [3.05, 3.63) is 46.1 Å². The van der Waals surface area contributed by atoms with E-state index in [9.17, 15) is 4.39 Å². The number of nitrogens with one attached hydrogen (secondary N) is 1. The molecule has 2 aromatic rings. The monoisotopic (exact) mass is 286 g/mol. The Morgan fingerprint density at radius 3 is 2.78 bits per heavy atom. The van der Waals surface area contributed by atoms with Crippen molar-refractivity contribution in [1.82, 2.24) is 15.2 Å². The van der Waals surface area contributed by atoms with Gasteiger partial charge in [-0.2, -0.15) is 4.98 Å². The second-order valence-corrected chi connectivity index (χ2v) is 4.34. The second kappa shape index (κ2) is 5.46. The molecule has 0 aliphatic rings. The summed E-state index contributed by atoms with van der Waals surface area (Å²) in [6, 6.07) is 6.06. The molecule has 1 heterocycles. The van der Waals surface area contributed by atoms with Gasteiger partial charge in [0.05, 0.1) is 6.04 Å². The van der Waals surface area contributed by atoms with Crippen molar-refractivity contribution in [1.29, 1.82) is 0 Å². The van der Waals surface area contributed by atoms with Crippen LogP contribution in [0.5, 0.6) is 0 Å². The van der Waals surface area contributed by atoms with Crippen LogP contribution in [0, 0.1) is 5.82 Å². The smallest absolute Gasteiger partial charge is 0.245 e. The molecule has 2 rings (SSSR count). The molecular weight excluding hydrogens is 278 g/mol. The summed E-state index contributed by atoms with van der Waals surface area (Å²) in [5.74, 6) is 0.0134. The van der Waals surface area contributed by atoms with Crippen LogP contribution in [-0.4, -0.2) is 15.2 Å². The van der Waals surface area contributed by atoms with Crippen molar-refractivity contribution in [3.63, 3.8) is 0 Å². The molecule has 0 saturated carbocycles. The van der Waals surface area contributed by atoms with Gasteiger partial charge in [0.15, 0.2) is 11.0 Å². The van der Waals surface area contributed by atoms with Gasteiger partial charge in [-0.1, -0.05) is 23.7 Å². The minimum Gasteiger partial charge on any atom is -0.361 e. The Morgan fingerprint density at radius 1 is 1.28 bits per heavy atom. The lowest BCUT2D eigenvalue weighted by Gasteiger charge is -2.15. The molecular formula is C11H9Cl2FN4. The van der Waals surface area contributed by atoms with Gasteiger partial charge in [-0.15, -0.1) is 10.2 Å². The quantitative estimate of drug-likeness (QED) is 0.938. The molecule has 1 unspecified atom stereocenters. The van der Waals surface area contributed by atoms with Crippen LogP contribution in [-0.2, 0) is 0 Å². The third-order valence-electron chi connectivity index (χ3n) is 2.32. The average molecular weight is 287 g/mol. The maximum Gasteiger partial charge on any atom is 0.245 e. The fraction of sp³-hybridized carbons (Fsp3) is 0.182. The summed E-state index contributed by atoms with van der Waals surface area (Å²) in [6.07, 6.45) is 0. The first-order valence-electron chi connectivity index (χ1n) is 5.14. The van der Waals surface area contributed by atoms with Crippen LogP contribution in [0.15, 0.2) is 24.3 Å². The Kier molecular flexibility index (Phi) is 3.93. The number of rotatable bonds is 3. The standard InChI is InChI=1S/C11H9Cl2FN4/c1-6(7-3-2-4-8(14)5-7)15-10-9(12)17-18-11(13)16-10/h2-6H,1H3,(H,15,16,18). The zero-order valence-corrected chi connectivity index (χ0v) is 10.9. The van der Waals surface area contributed by atoms with E-state index in [-0.39, 0.29) is 22.3 Å². The lowest BCUT2D eigenvalue weighted by molar-refractivity contribution is 0.623. The fourth-order valence-corrected chi connectivity index (χ4v) is 1.71. The number of halogens is 3. The van der Waals surface area contributed by atoms with E-state index in [0.717, 1.165) is 5.56 Å². The van der Waals surface area contributed by atoms with Gasteiger partial charge in [-0.05, 0) is 36.2 Å². The first-order chi connectivity index (χ1) is 8.56. The molecule has 1 N–H and O–H groups in total. The number of aromatic nitrogens is 3. The van der Waals surface area contributed by atoms with E-state index in [1.807, 2.05) is 6.92 Å². The molecule has 4 nitrogen and oxygen atoms in total. The molecule has 0 fully saturated rings. The lowest BCUT2D eigenvalue weighted by atomic mass is 10.1. The molecule has 0 saturated heterocycles. The SMILES string of the molecule is CC(Nc1nc(Cl)nnc1Cl)c1cccc(F)c1. The van der Waals surface area contributed by atoms with Gasteiger partial charge in [0.1, 0.15) is 5.82 Å². The maximum absolute atomic E-state index is 13.1. The summed E-state index contributed by atoms with van der Waals surface area (Å²) in [6.45, 7) is 1.85.